The van der Waals surface area contributed by atoms with Crippen LogP contribution >= 0.6 is 0 Å². The van der Waals surface area contributed by atoms with Gasteiger partial charge >= 0.3 is 0 Å². The number of carbonyl (C=O) groups excluding carboxylic acids is 1. The van der Waals surface area contributed by atoms with Gasteiger partial charge in [-0.05, 0) is 49.8 Å². The van der Waals surface area contributed by atoms with Crippen LogP contribution in [0.1, 0.15) is 43.0 Å². The van der Waals surface area contributed by atoms with E-state index in [-0.39, 0.29) is 11.6 Å². The molecule has 4 heteroatoms. The lowest BCUT2D eigenvalue weighted by atomic mass is 9.86. The van der Waals surface area contributed by atoms with E-state index in [2.05, 4.69) is 6.92 Å². The van der Waals surface area contributed by atoms with Crippen LogP contribution in [-0.4, -0.2) is 23.9 Å². The van der Waals surface area contributed by atoms with E-state index in [1.54, 1.807) is 11.9 Å². The van der Waals surface area contributed by atoms with Crippen LogP contribution in [0, 0.1) is 17.6 Å². The van der Waals surface area contributed by atoms with Crippen molar-refractivity contribution in [2.75, 3.05) is 7.05 Å². The molecule has 2 rings (SSSR count). The summed E-state index contributed by atoms with van der Waals surface area (Å²) in [7, 11) is 1.67. The van der Waals surface area contributed by atoms with E-state index in [0.717, 1.165) is 43.9 Å². The van der Waals surface area contributed by atoms with Crippen LogP contribution < -0.4 is 0 Å². The van der Waals surface area contributed by atoms with Crippen LogP contribution in [0.15, 0.2) is 18.2 Å². The van der Waals surface area contributed by atoms with Crippen molar-refractivity contribution in [3.8, 4) is 0 Å². The molecule has 0 atom stereocenters. The molecule has 0 heterocycles. The van der Waals surface area contributed by atoms with Crippen LogP contribution in [0.3, 0.4) is 0 Å². The van der Waals surface area contributed by atoms with Crippen molar-refractivity contribution in [3.05, 3.63) is 35.4 Å². The average molecular weight is 267 g/mol. The van der Waals surface area contributed by atoms with Crippen LogP contribution in [0.2, 0.25) is 0 Å². The molecule has 1 saturated carbocycles. The lowest BCUT2D eigenvalue weighted by molar-refractivity contribution is 0.0674. The largest absolute Gasteiger partial charge is 0.339 e. The molecular formula is C15H19F2NO. The number of amides is 1. The monoisotopic (exact) mass is 267 g/mol. The maximum absolute atomic E-state index is 13.6. The Kier molecular flexibility index (Phi) is 4.17. The Morgan fingerprint density at radius 2 is 1.84 bits per heavy atom. The van der Waals surface area contributed by atoms with Crippen molar-refractivity contribution in [2.24, 2.45) is 5.92 Å². The van der Waals surface area contributed by atoms with E-state index in [0.29, 0.717) is 5.92 Å². The Balaban J connectivity index is 2.12. The number of hydrogen-bond acceptors (Lipinski definition) is 1. The fourth-order valence-corrected chi connectivity index (χ4v) is 2.65. The minimum absolute atomic E-state index is 0.131. The van der Waals surface area contributed by atoms with E-state index in [1.807, 2.05) is 0 Å². The van der Waals surface area contributed by atoms with Crippen LogP contribution in [0.5, 0.6) is 0 Å². The highest BCUT2D eigenvalue weighted by Crippen LogP contribution is 2.27. The number of rotatable bonds is 2. The van der Waals surface area contributed by atoms with E-state index in [1.165, 1.54) is 0 Å². The fraction of sp³-hybridized carbons (Fsp3) is 0.533. The summed E-state index contributed by atoms with van der Waals surface area (Å²) >= 11 is 0. The molecule has 0 saturated heterocycles. The van der Waals surface area contributed by atoms with Gasteiger partial charge in [-0.25, -0.2) is 8.78 Å². The van der Waals surface area contributed by atoms with Crippen molar-refractivity contribution < 1.29 is 13.6 Å². The predicted molar refractivity (Wildman–Crippen MR) is 69.9 cm³/mol. The third-order valence-electron chi connectivity index (χ3n) is 4.01. The summed E-state index contributed by atoms with van der Waals surface area (Å²) in [5, 5.41) is 0. The normalized spacial score (nSPS) is 23.2. The maximum atomic E-state index is 13.6. The molecule has 0 aliphatic heterocycles. The fourth-order valence-electron chi connectivity index (χ4n) is 2.65. The first-order valence-electron chi connectivity index (χ1n) is 6.71. The number of carbonyl (C=O) groups is 1. The van der Waals surface area contributed by atoms with Gasteiger partial charge in [-0.15, -0.1) is 0 Å². The first-order valence-corrected chi connectivity index (χ1v) is 6.71. The summed E-state index contributed by atoms with van der Waals surface area (Å²) in [6.07, 6.45) is 4.02. The standard InChI is InChI=1S/C15H19F2NO/c1-10-3-6-12(7-4-10)18(2)15(19)13-9-11(16)5-8-14(13)17/h5,8-10,12H,3-4,6-7H2,1-2H3. The lowest BCUT2D eigenvalue weighted by Crippen LogP contribution is -2.39. The molecule has 104 valence electrons. The number of halogens is 2. The second-order valence-corrected chi connectivity index (χ2v) is 5.45. The molecule has 0 bridgehead atoms. The Labute approximate surface area is 112 Å². The van der Waals surface area contributed by atoms with Gasteiger partial charge in [0.1, 0.15) is 11.6 Å². The molecule has 0 unspecified atom stereocenters. The zero-order chi connectivity index (χ0) is 14.0. The molecule has 1 aliphatic rings. The van der Waals surface area contributed by atoms with Crippen molar-refractivity contribution in [3.63, 3.8) is 0 Å². The molecule has 0 N–H and O–H groups in total. The SMILES string of the molecule is CC1CCC(N(C)C(=O)c2cc(F)ccc2F)CC1. The Morgan fingerprint density at radius 3 is 2.47 bits per heavy atom. The van der Waals surface area contributed by atoms with Gasteiger partial charge in [-0.1, -0.05) is 6.92 Å². The second kappa shape index (κ2) is 5.68. The highest BCUT2D eigenvalue weighted by molar-refractivity contribution is 5.94. The maximum Gasteiger partial charge on any atom is 0.256 e. The predicted octanol–water partition coefficient (Wildman–Crippen LogP) is 3.62. The third kappa shape index (κ3) is 3.11. The van der Waals surface area contributed by atoms with Crippen LogP contribution in [0.4, 0.5) is 8.78 Å². The van der Waals surface area contributed by atoms with Crippen molar-refractivity contribution >= 4 is 5.91 Å². The van der Waals surface area contributed by atoms with Crippen LogP contribution in [-0.2, 0) is 0 Å². The van der Waals surface area contributed by atoms with Gasteiger partial charge in [-0.2, -0.15) is 0 Å². The number of benzene rings is 1. The molecule has 1 amide bonds. The van der Waals surface area contributed by atoms with Gasteiger partial charge in [0.15, 0.2) is 0 Å². The Bertz CT molecular complexity index is 467. The highest BCUT2D eigenvalue weighted by atomic mass is 19.1. The van der Waals surface area contributed by atoms with Gasteiger partial charge in [0.2, 0.25) is 0 Å². The number of hydrogen-bond donors (Lipinski definition) is 0. The molecule has 0 radical (unpaired) electrons. The zero-order valence-electron chi connectivity index (χ0n) is 11.3. The zero-order valence-corrected chi connectivity index (χ0v) is 11.3. The molecule has 1 aromatic rings. The summed E-state index contributed by atoms with van der Waals surface area (Å²) in [4.78, 5) is 13.8. The third-order valence-corrected chi connectivity index (χ3v) is 4.01. The number of nitrogens with zero attached hydrogens (tertiary/aromatic N) is 1. The minimum Gasteiger partial charge on any atom is -0.339 e. The summed E-state index contributed by atoms with van der Waals surface area (Å²) in [5.74, 6) is -1.000. The van der Waals surface area contributed by atoms with E-state index < -0.39 is 17.5 Å². The van der Waals surface area contributed by atoms with Crippen molar-refractivity contribution in [1.29, 1.82) is 0 Å². The van der Waals surface area contributed by atoms with Gasteiger partial charge in [0.25, 0.3) is 5.91 Å². The topological polar surface area (TPSA) is 20.3 Å². The molecule has 0 spiro atoms. The minimum atomic E-state index is -0.664. The first-order chi connectivity index (χ1) is 8.99. The molecule has 1 fully saturated rings. The van der Waals surface area contributed by atoms with Gasteiger partial charge in [0, 0.05) is 13.1 Å². The molecule has 1 aliphatic carbocycles. The smallest absolute Gasteiger partial charge is 0.256 e. The van der Waals surface area contributed by atoms with Gasteiger partial charge in [0.05, 0.1) is 5.56 Å². The Morgan fingerprint density at radius 1 is 1.21 bits per heavy atom. The summed E-state index contributed by atoms with van der Waals surface area (Å²) < 4.78 is 26.7. The van der Waals surface area contributed by atoms with Crippen molar-refractivity contribution in [1.82, 2.24) is 4.90 Å². The quantitative estimate of drug-likeness (QED) is 0.801. The van der Waals surface area contributed by atoms with Crippen molar-refractivity contribution in [2.45, 2.75) is 38.6 Å². The molecular weight excluding hydrogens is 248 g/mol. The Hall–Kier alpha value is -1.45. The molecule has 0 aromatic heterocycles. The summed E-state index contributed by atoms with van der Waals surface area (Å²) in [5.41, 5.74) is -0.180. The van der Waals surface area contributed by atoms with E-state index >= 15 is 0 Å². The van der Waals surface area contributed by atoms with E-state index in [4.69, 9.17) is 0 Å². The summed E-state index contributed by atoms with van der Waals surface area (Å²) in [6, 6.07) is 3.12. The highest BCUT2D eigenvalue weighted by Gasteiger charge is 2.26. The second-order valence-electron chi connectivity index (χ2n) is 5.45. The average Bonchev–Trinajstić information content (AvgIpc) is 2.41. The van der Waals surface area contributed by atoms with Gasteiger partial charge in [-0.3, -0.25) is 4.79 Å². The molecule has 2 nitrogen and oxygen atoms in total. The summed E-state index contributed by atoms with van der Waals surface area (Å²) in [6.45, 7) is 2.20. The first kappa shape index (κ1) is 14.0. The lowest BCUT2D eigenvalue weighted by Gasteiger charge is -2.33. The van der Waals surface area contributed by atoms with Gasteiger partial charge < -0.3 is 4.90 Å². The molecule has 1 aromatic carbocycles. The van der Waals surface area contributed by atoms with E-state index in [9.17, 15) is 13.6 Å². The van der Waals surface area contributed by atoms with Crippen LogP contribution in [0.25, 0.3) is 0 Å². The molecule has 19 heavy (non-hydrogen) atoms.